The lowest BCUT2D eigenvalue weighted by atomic mass is 10.2. The summed E-state index contributed by atoms with van der Waals surface area (Å²) < 4.78 is 11.3. The van der Waals surface area contributed by atoms with E-state index in [0.29, 0.717) is 32.3 Å². The standard InChI is InChI=1S/C12H3Cl5O2/c13-4-2-8-9(3-5(4)14)19-12-10(17)6(15)1-7(16)11(12)18-8/h1-3H. The third-order valence-corrected chi connectivity index (χ3v) is 4.27. The third kappa shape index (κ3) is 2.22. The van der Waals surface area contributed by atoms with Gasteiger partial charge in [-0.05, 0) is 6.07 Å². The molecule has 0 unspecified atom stereocenters. The van der Waals surface area contributed by atoms with E-state index in [9.17, 15) is 0 Å². The normalized spacial score (nSPS) is 12.3. The largest absolute Gasteiger partial charge is 0.448 e. The van der Waals surface area contributed by atoms with E-state index in [-0.39, 0.29) is 15.8 Å². The molecule has 19 heavy (non-hydrogen) atoms. The second kappa shape index (κ2) is 4.80. The molecule has 2 nitrogen and oxygen atoms in total. The second-order valence-electron chi connectivity index (χ2n) is 3.73. The Kier molecular flexibility index (Phi) is 3.40. The van der Waals surface area contributed by atoms with Crippen LogP contribution in [-0.2, 0) is 0 Å². The molecular formula is C12H3Cl5O2. The fraction of sp³-hybridized carbons (Fsp3) is 0. The van der Waals surface area contributed by atoms with Crippen LogP contribution in [0.3, 0.4) is 0 Å². The van der Waals surface area contributed by atoms with Crippen LogP contribution in [0, 0.1) is 0 Å². The number of hydrogen-bond donors (Lipinski definition) is 0. The maximum Gasteiger partial charge on any atom is 0.191 e. The minimum atomic E-state index is 0.220. The lowest BCUT2D eigenvalue weighted by Gasteiger charge is -2.23. The summed E-state index contributed by atoms with van der Waals surface area (Å²) in [6.45, 7) is 0. The van der Waals surface area contributed by atoms with Crippen molar-refractivity contribution < 1.29 is 9.47 Å². The van der Waals surface area contributed by atoms with Gasteiger partial charge in [0.2, 0.25) is 0 Å². The molecule has 0 saturated carbocycles. The molecule has 2 aromatic rings. The zero-order valence-corrected chi connectivity index (χ0v) is 12.7. The van der Waals surface area contributed by atoms with Crippen LogP contribution in [0.5, 0.6) is 23.0 Å². The van der Waals surface area contributed by atoms with Gasteiger partial charge in [-0.1, -0.05) is 58.0 Å². The lowest BCUT2D eigenvalue weighted by Crippen LogP contribution is -2.00. The molecule has 0 bridgehead atoms. The van der Waals surface area contributed by atoms with Gasteiger partial charge in [0.25, 0.3) is 0 Å². The van der Waals surface area contributed by atoms with Crippen LogP contribution < -0.4 is 9.47 Å². The van der Waals surface area contributed by atoms with Crippen LogP contribution >= 0.6 is 58.0 Å². The highest BCUT2D eigenvalue weighted by atomic mass is 35.5. The molecular weight excluding hydrogens is 353 g/mol. The molecule has 1 heterocycles. The average molecular weight is 356 g/mol. The van der Waals surface area contributed by atoms with Crippen molar-refractivity contribution in [1.82, 2.24) is 0 Å². The van der Waals surface area contributed by atoms with Crippen molar-refractivity contribution in [3.8, 4) is 23.0 Å². The highest BCUT2D eigenvalue weighted by molar-refractivity contribution is 6.45. The zero-order valence-electron chi connectivity index (χ0n) is 8.94. The Hall–Kier alpha value is -0.510. The van der Waals surface area contributed by atoms with Gasteiger partial charge in [0.1, 0.15) is 5.02 Å². The fourth-order valence-electron chi connectivity index (χ4n) is 1.63. The minimum Gasteiger partial charge on any atom is -0.448 e. The molecule has 0 saturated heterocycles. The van der Waals surface area contributed by atoms with Gasteiger partial charge in [0.05, 0.1) is 20.1 Å². The highest BCUT2D eigenvalue weighted by Gasteiger charge is 2.26. The maximum atomic E-state index is 6.07. The van der Waals surface area contributed by atoms with Crippen molar-refractivity contribution in [2.75, 3.05) is 0 Å². The molecule has 0 spiro atoms. The molecule has 3 rings (SSSR count). The SMILES string of the molecule is Clc1cc2c(cc1Cl)Oc1c(Cl)c(Cl)cc(Cl)c1O2. The van der Waals surface area contributed by atoms with Gasteiger partial charge in [-0.25, -0.2) is 0 Å². The van der Waals surface area contributed by atoms with E-state index in [4.69, 9.17) is 67.5 Å². The minimum absolute atomic E-state index is 0.220. The smallest absolute Gasteiger partial charge is 0.191 e. The van der Waals surface area contributed by atoms with Crippen LogP contribution in [0.4, 0.5) is 0 Å². The summed E-state index contributed by atoms with van der Waals surface area (Å²) in [6.07, 6.45) is 0. The maximum absolute atomic E-state index is 6.07. The van der Waals surface area contributed by atoms with Crippen LogP contribution in [0.2, 0.25) is 25.1 Å². The van der Waals surface area contributed by atoms with Gasteiger partial charge in [-0.15, -0.1) is 0 Å². The van der Waals surface area contributed by atoms with Gasteiger partial charge >= 0.3 is 0 Å². The van der Waals surface area contributed by atoms with Crippen molar-refractivity contribution in [1.29, 1.82) is 0 Å². The van der Waals surface area contributed by atoms with Crippen LogP contribution in [0.1, 0.15) is 0 Å². The van der Waals surface area contributed by atoms with Crippen LogP contribution in [0.25, 0.3) is 0 Å². The molecule has 0 fully saturated rings. The summed E-state index contributed by atoms with van der Waals surface area (Å²) in [7, 11) is 0. The Morgan fingerprint density at radius 2 is 1.11 bits per heavy atom. The van der Waals surface area contributed by atoms with E-state index in [2.05, 4.69) is 0 Å². The molecule has 7 heteroatoms. The van der Waals surface area contributed by atoms with Crippen LogP contribution in [-0.4, -0.2) is 0 Å². The molecule has 0 amide bonds. The van der Waals surface area contributed by atoms with Gasteiger partial charge in [0.15, 0.2) is 23.0 Å². The zero-order chi connectivity index (χ0) is 13.7. The highest BCUT2D eigenvalue weighted by Crippen LogP contribution is 2.54. The van der Waals surface area contributed by atoms with Crippen molar-refractivity contribution in [3.05, 3.63) is 43.3 Å². The summed E-state index contributed by atoms with van der Waals surface area (Å²) in [5.74, 6) is 1.34. The summed E-state index contributed by atoms with van der Waals surface area (Å²) in [5.41, 5.74) is 0. The number of hydrogen-bond acceptors (Lipinski definition) is 2. The molecule has 0 atom stereocenters. The summed E-state index contributed by atoms with van der Waals surface area (Å²) in [4.78, 5) is 0. The summed E-state index contributed by atoms with van der Waals surface area (Å²) in [6, 6.07) is 4.56. The molecule has 1 aliphatic rings. The summed E-state index contributed by atoms with van der Waals surface area (Å²) in [5, 5.41) is 1.48. The van der Waals surface area contributed by atoms with E-state index < -0.39 is 0 Å². The number of halogens is 5. The van der Waals surface area contributed by atoms with Gasteiger partial charge in [-0.3, -0.25) is 0 Å². The molecule has 0 aliphatic carbocycles. The molecule has 0 N–H and O–H groups in total. The molecule has 1 aliphatic heterocycles. The van der Waals surface area contributed by atoms with Crippen molar-refractivity contribution in [2.45, 2.75) is 0 Å². The number of fused-ring (bicyclic) bond motifs is 2. The van der Waals surface area contributed by atoms with E-state index in [1.165, 1.54) is 12.1 Å². The Bertz CT molecular complexity index is 699. The molecule has 98 valence electrons. The van der Waals surface area contributed by atoms with Crippen molar-refractivity contribution in [3.63, 3.8) is 0 Å². The second-order valence-corrected chi connectivity index (χ2v) is 5.74. The quantitative estimate of drug-likeness (QED) is 0.410. The van der Waals surface area contributed by atoms with E-state index in [1.54, 1.807) is 6.07 Å². The Morgan fingerprint density at radius 3 is 1.68 bits per heavy atom. The van der Waals surface area contributed by atoms with Gasteiger partial charge < -0.3 is 9.47 Å². The molecule has 2 aromatic carbocycles. The first-order chi connectivity index (χ1) is 8.97. The Morgan fingerprint density at radius 1 is 0.579 bits per heavy atom. The predicted molar refractivity (Wildman–Crippen MR) is 78.1 cm³/mol. The number of ether oxygens (including phenoxy) is 2. The number of benzene rings is 2. The van der Waals surface area contributed by atoms with Gasteiger partial charge in [0, 0.05) is 12.1 Å². The topological polar surface area (TPSA) is 18.5 Å². The Labute approximate surface area is 133 Å². The van der Waals surface area contributed by atoms with E-state index in [0.717, 1.165) is 0 Å². The van der Waals surface area contributed by atoms with Crippen molar-refractivity contribution in [2.24, 2.45) is 0 Å². The van der Waals surface area contributed by atoms with E-state index in [1.807, 2.05) is 0 Å². The molecule has 0 radical (unpaired) electrons. The monoisotopic (exact) mass is 354 g/mol. The Balaban J connectivity index is 2.19. The molecule has 0 aromatic heterocycles. The predicted octanol–water partition coefficient (Wildman–Crippen LogP) is 6.85. The average Bonchev–Trinajstić information content (AvgIpc) is 2.36. The lowest BCUT2D eigenvalue weighted by molar-refractivity contribution is 0.360. The summed E-state index contributed by atoms with van der Waals surface area (Å²) >= 11 is 29.9. The fourth-order valence-corrected chi connectivity index (χ4v) is 2.60. The first-order valence-corrected chi connectivity index (χ1v) is 6.88. The third-order valence-electron chi connectivity index (χ3n) is 2.50. The number of rotatable bonds is 0. The van der Waals surface area contributed by atoms with Crippen molar-refractivity contribution >= 4 is 58.0 Å². The van der Waals surface area contributed by atoms with E-state index >= 15 is 0 Å². The first kappa shape index (κ1) is 13.5. The van der Waals surface area contributed by atoms with Crippen LogP contribution in [0.15, 0.2) is 18.2 Å². The first-order valence-electron chi connectivity index (χ1n) is 4.99. The van der Waals surface area contributed by atoms with Gasteiger partial charge in [-0.2, -0.15) is 0 Å².